The molecule has 4 rings (SSSR count). The number of piperidine rings is 1. The van der Waals surface area contributed by atoms with Gasteiger partial charge in [-0.15, -0.1) is 0 Å². The fraction of sp³-hybridized carbons (Fsp3) is 0.650. The minimum Gasteiger partial charge on any atom is -0.378 e. The quantitative estimate of drug-likeness (QED) is 0.856. The Kier molecular flexibility index (Phi) is 5.95. The Morgan fingerprint density at radius 2 is 1.75 bits per heavy atom. The highest BCUT2D eigenvalue weighted by Crippen LogP contribution is 2.22. The van der Waals surface area contributed by atoms with E-state index in [0.29, 0.717) is 12.4 Å². The molecule has 3 amide bonds. The van der Waals surface area contributed by atoms with Crippen molar-refractivity contribution >= 4 is 23.4 Å². The number of rotatable bonds is 3. The molecule has 3 saturated heterocycles. The average Bonchev–Trinajstić information content (AvgIpc) is 3.29. The van der Waals surface area contributed by atoms with Crippen LogP contribution in [0.15, 0.2) is 18.3 Å². The maximum absolute atomic E-state index is 12.7. The molecule has 8 nitrogen and oxygen atoms in total. The van der Waals surface area contributed by atoms with Gasteiger partial charge in [0.25, 0.3) is 0 Å². The lowest BCUT2D eigenvalue weighted by Crippen LogP contribution is -2.48. The standard InChI is InChI=1S/C20H29N5O3/c26-19(16-4-3-9-25(15-16)20(27)24-7-1-2-8-24)22-18-6-5-17(14-21-18)23-10-12-28-13-11-23/h5-6,14,16H,1-4,7-13,15H2,(H,21,22,26). The molecule has 28 heavy (non-hydrogen) atoms. The summed E-state index contributed by atoms with van der Waals surface area (Å²) in [4.78, 5) is 35.7. The number of carbonyl (C=O) groups is 2. The van der Waals surface area contributed by atoms with E-state index in [9.17, 15) is 9.59 Å². The summed E-state index contributed by atoms with van der Waals surface area (Å²) >= 11 is 0. The summed E-state index contributed by atoms with van der Waals surface area (Å²) in [5.41, 5.74) is 1.04. The molecule has 152 valence electrons. The zero-order chi connectivity index (χ0) is 19.3. The Bertz CT molecular complexity index is 684. The van der Waals surface area contributed by atoms with Gasteiger partial charge in [-0.3, -0.25) is 4.79 Å². The number of morpholine rings is 1. The van der Waals surface area contributed by atoms with Gasteiger partial charge in [0, 0.05) is 39.3 Å². The predicted molar refractivity (Wildman–Crippen MR) is 106 cm³/mol. The van der Waals surface area contributed by atoms with Gasteiger partial charge in [0.05, 0.1) is 31.0 Å². The molecule has 3 fully saturated rings. The Hall–Kier alpha value is -2.35. The van der Waals surface area contributed by atoms with Crippen LogP contribution in [0.25, 0.3) is 0 Å². The first-order chi connectivity index (χ1) is 13.7. The first-order valence-electron chi connectivity index (χ1n) is 10.3. The third kappa shape index (κ3) is 4.38. The van der Waals surface area contributed by atoms with Gasteiger partial charge in [-0.05, 0) is 37.8 Å². The van der Waals surface area contributed by atoms with Crippen LogP contribution in [-0.2, 0) is 9.53 Å². The molecule has 1 unspecified atom stereocenters. The number of pyridine rings is 1. The maximum Gasteiger partial charge on any atom is 0.320 e. The van der Waals surface area contributed by atoms with E-state index < -0.39 is 0 Å². The Morgan fingerprint density at radius 1 is 1.00 bits per heavy atom. The van der Waals surface area contributed by atoms with Crippen LogP contribution in [0.5, 0.6) is 0 Å². The van der Waals surface area contributed by atoms with Gasteiger partial charge in [-0.1, -0.05) is 0 Å². The van der Waals surface area contributed by atoms with Crippen LogP contribution in [0.1, 0.15) is 25.7 Å². The molecule has 0 aliphatic carbocycles. The molecule has 4 heterocycles. The van der Waals surface area contributed by atoms with Crippen molar-refractivity contribution in [3.63, 3.8) is 0 Å². The number of amides is 3. The topological polar surface area (TPSA) is 78.0 Å². The lowest BCUT2D eigenvalue weighted by molar-refractivity contribution is -0.121. The third-order valence-corrected chi connectivity index (χ3v) is 5.81. The molecule has 0 saturated carbocycles. The van der Waals surface area contributed by atoms with Crippen molar-refractivity contribution in [2.75, 3.05) is 62.7 Å². The van der Waals surface area contributed by atoms with Gasteiger partial charge in [0.15, 0.2) is 0 Å². The van der Waals surface area contributed by atoms with Crippen molar-refractivity contribution in [3.05, 3.63) is 18.3 Å². The molecule has 1 N–H and O–H groups in total. The number of ether oxygens (including phenoxy) is 1. The first-order valence-corrected chi connectivity index (χ1v) is 10.3. The van der Waals surface area contributed by atoms with Gasteiger partial charge in [0.1, 0.15) is 5.82 Å². The van der Waals surface area contributed by atoms with Crippen molar-refractivity contribution in [1.29, 1.82) is 0 Å². The normalized spacial score (nSPS) is 23.0. The zero-order valence-electron chi connectivity index (χ0n) is 16.3. The number of anilines is 2. The van der Waals surface area contributed by atoms with E-state index in [0.717, 1.165) is 77.3 Å². The summed E-state index contributed by atoms with van der Waals surface area (Å²) in [5.74, 6) is 0.330. The lowest BCUT2D eigenvalue weighted by atomic mass is 9.97. The number of hydrogen-bond donors (Lipinski definition) is 1. The Balaban J connectivity index is 1.31. The summed E-state index contributed by atoms with van der Waals surface area (Å²) in [5, 5.41) is 2.93. The van der Waals surface area contributed by atoms with Crippen LogP contribution >= 0.6 is 0 Å². The largest absolute Gasteiger partial charge is 0.378 e. The molecule has 1 aromatic rings. The summed E-state index contributed by atoms with van der Waals surface area (Å²) in [6.45, 7) is 6.09. The van der Waals surface area contributed by atoms with Crippen molar-refractivity contribution < 1.29 is 14.3 Å². The number of urea groups is 1. The minimum absolute atomic E-state index is 0.0504. The molecule has 3 aliphatic heterocycles. The van der Waals surface area contributed by atoms with Crippen molar-refractivity contribution in [2.24, 2.45) is 5.92 Å². The summed E-state index contributed by atoms with van der Waals surface area (Å²) in [6, 6.07) is 3.92. The fourth-order valence-corrected chi connectivity index (χ4v) is 4.17. The van der Waals surface area contributed by atoms with Gasteiger partial charge in [-0.25, -0.2) is 9.78 Å². The van der Waals surface area contributed by atoms with Crippen LogP contribution in [-0.4, -0.2) is 79.2 Å². The smallest absolute Gasteiger partial charge is 0.320 e. The molecule has 1 atom stereocenters. The van der Waals surface area contributed by atoms with Gasteiger partial charge in [-0.2, -0.15) is 0 Å². The third-order valence-electron chi connectivity index (χ3n) is 5.81. The highest BCUT2D eigenvalue weighted by Gasteiger charge is 2.31. The van der Waals surface area contributed by atoms with E-state index in [-0.39, 0.29) is 17.9 Å². The molecule has 1 aromatic heterocycles. The maximum atomic E-state index is 12.7. The molecule has 0 radical (unpaired) electrons. The van der Waals surface area contributed by atoms with E-state index >= 15 is 0 Å². The summed E-state index contributed by atoms with van der Waals surface area (Å²) in [7, 11) is 0. The second-order valence-electron chi connectivity index (χ2n) is 7.75. The number of nitrogens with one attached hydrogen (secondary N) is 1. The fourth-order valence-electron chi connectivity index (χ4n) is 4.17. The first kappa shape index (κ1) is 19.0. The van der Waals surface area contributed by atoms with E-state index in [1.165, 1.54) is 0 Å². The Morgan fingerprint density at radius 3 is 2.46 bits per heavy atom. The number of carbonyl (C=O) groups excluding carboxylic acids is 2. The monoisotopic (exact) mass is 387 g/mol. The summed E-state index contributed by atoms with van der Waals surface area (Å²) < 4.78 is 5.37. The van der Waals surface area contributed by atoms with Gasteiger partial charge in [0.2, 0.25) is 5.91 Å². The second-order valence-corrected chi connectivity index (χ2v) is 7.75. The zero-order valence-corrected chi connectivity index (χ0v) is 16.3. The van der Waals surface area contributed by atoms with E-state index in [4.69, 9.17) is 4.74 Å². The minimum atomic E-state index is -0.180. The predicted octanol–water partition coefficient (Wildman–Crippen LogP) is 1.78. The highest BCUT2D eigenvalue weighted by atomic mass is 16.5. The second kappa shape index (κ2) is 8.77. The Labute approximate surface area is 165 Å². The summed E-state index contributed by atoms with van der Waals surface area (Å²) in [6.07, 6.45) is 5.62. The molecule has 0 bridgehead atoms. The number of likely N-dealkylation sites (tertiary alicyclic amines) is 2. The molecule has 0 aromatic carbocycles. The van der Waals surface area contributed by atoms with Gasteiger partial charge < -0.3 is 24.8 Å². The van der Waals surface area contributed by atoms with Crippen LogP contribution in [0.3, 0.4) is 0 Å². The molecule has 3 aliphatic rings. The van der Waals surface area contributed by atoms with Crippen LogP contribution in [0.2, 0.25) is 0 Å². The number of aromatic nitrogens is 1. The van der Waals surface area contributed by atoms with Crippen LogP contribution < -0.4 is 10.2 Å². The van der Waals surface area contributed by atoms with Gasteiger partial charge >= 0.3 is 6.03 Å². The molecular formula is C20H29N5O3. The van der Waals surface area contributed by atoms with Crippen molar-refractivity contribution in [1.82, 2.24) is 14.8 Å². The average molecular weight is 387 g/mol. The van der Waals surface area contributed by atoms with E-state index in [2.05, 4.69) is 15.2 Å². The van der Waals surface area contributed by atoms with Crippen LogP contribution in [0, 0.1) is 5.92 Å². The van der Waals surface area contributed by atoms with Crippen molar-refractivity contribution in [3.8, 4) is 0 Å². The van der Waals surface area contributed by atoms with E-state index in [1.807, 2.05) is 21.9 Å². The van der Waals surface area contributed by atoms with Crippen molar-refractivity contribution in [2.45, 2.75) is 25.7 Å². The molecule has 8 heteroatoms. The number of hydrogen-bond acceptors (Lipinski definition) is 5. The SMILES string of the molecule is O=C(Nc1ccc(N2CCOCC2)cn1)C1CCCN(C(=O)N2CCCC2)C1. The lowest BCUT2D eigenvalue weighted by Gasteiger charge is -2.34. The number of nitrogens with zero attached hydrogens (tertiary/aromatic N) is 4. The molecule has 0 spiro atoms. The van der Waals surface area contributed by atoms with E-state index in [1.54, 1.807) is 6.20 Å². The highest BCUT2D eigenvalue weighted by molar-refractivity contribution is 5.92. The van der Waals surface area contributed by atoms with Crippen LogP contribution in [0.4, 0.5) is 16.3 Å². The molecular weight excluding hydrogens is 358 g/mol.